The van der Waals surface area contributed by atoms with Gasteiger partial charge in [-0.05, 0) is 73.3 Å². The first kappa shape index (κ1) is 49.9. The number of rotatable bonds is 11. The number of amides is 2. The van der Waals surface area contributed by atoms with Crippen molar-refractivity contribution in [1.82, 2.24) is 39.8 Å². The Labute approximate surface area is 429 Å². The van der Waals surface area contributed by atoms with Crippen molar-refractivity contribution in [3.8, 4) is 22.3 Å². The Bertz CT molecular complexity index is 2850. The van der Waals surface area contributed by atoms with Crippen molar-refractivity contribution in [2.24, 2.45) is 28.6 Å². The number of nitriles is 1. The highest BCUT2D eigenvalue weighted by atomic mass is 35.5. The fraction of sp³-hybridized carbons (Fsp3) is 0.537. The molecule has 72 heavy (non-hydrogen) atoms. The van der Waals surface area contributed by atoms with Gasteiger partial charge in [0.15, 0.2) is 5.82 Å². The van der Waals surface area contributed by atoms with E-state index >= 15 is 0 Å². The zero-order valence-corrected chi connectivity index (χ0v) is 43.7. The number of anilines is 3. The molecule has 1 aliphatic carbocycles. The number of carbonyl (C=O) groups excluding carboxylic acids is 2. The highest BCUT2D eigenvalue weighted by molar-refractivity contribution is 7.13. The second-order valence-corrected chi connectivity index (χ2v) is 23.3. The van der Waals surface area contributed by atoms with Crippen molar-refractivity contribution >= 4 is 52.2 Å². The number of piperidine rings is 2. The van der Waals surface area contributed by atoms with Crippen molar-refractivity contribution in [2.45, 2.75) is 112 Å². The lowest BCUT2D eigenvalue weighted by Gasteiger charge is -2.63. The molecule has 4 aliphatic heterocycles. The number of halogens is 3. The van der Waals surface area contributed by atoms with E-state index in [2.05, 4.69) is 77.3 Å². The van der Waals surface area contributed by atoms with Crippen molar-refractivity contribution in [1.29, 1.82) is 5.26 Å². The molecule has 1 saturated carbocycles. The van der Waals surface area contributed by atoms with Gasteiger partial charge in [0, 0.05) is 129 Å². The molecule has 3 aromatic heterocycles. The van der Waals surface area contributed by atoms with Crippen LogP contribution in [0, 0.1) is 39.9 Å². The van der Waals surface area contributed by atoms with Crippen LogP contribution < -0.4 is 19.9 Å². The van der Waals surface area contributed by atoms with Crippen LogP contribution in [-0.4, -0.2) is 104 Å². The number of nitrogens with zero attached hydrogens (tertiary/aromatic N) is 10. The Morgan fingerprint density at radius 2 is 1.71 bits per heavy atom. The van der Waals surface area contributed by atoms with Crippen LogP contribution >= 0.6 is 22.9 Å². The topological polar surface area (TPSA) is 149 Å². The number of fused-ring (bicyclic) bond motifs is 2. The zero-order chi connectivity index (χ0) is 50.8. The molecule has 2 unspecified atom stereocenters. The van der Waals surface area contributed by atoms with Crippen LogP contribution in [0.15, 0.2) is 54.4 Å². The molecule has 7 heterocycles. The molecule has 0 spiro atoms. The van der Waals surface area contributed by atoms with Crippen LogP contribution in [0.2, 0.25) is 5.02 Å². The predicted octanol–water partition coefficient (Wildman–Crippen LogP) is 9.91. The minimum atomic E-state index is -2.64. The first-order valence-corrected chi connectivity index (χ1v) is 26.6. The van der Waals surface area contributed by atoms with Gasteiger partial charge in [-0.15, -0.1) is 11.3 Å². The highest BCUT2D eigenvalue weighted by Crippen LogP contribution is 2.56. The number of likely N-dealkylation sites (tertiary alicyclic amines) is 1. The van der Waals surface area contributed by atoms with E-state index in [4.69, 9.17) is 31.4 Å². The van der Waals surface area contributed by atoms with Crippen molar-refractivity contribution in [3.05, 3.63) is 93.0 Å². The SMILES string of the molecule is CC(=O)N1CCc2c(c(N3CCCc4cc(-c5cncs5)c(C(F)F)cc43)nn2C2CCN(CC3C(C)CN(c4ncc(C(=O)NC5C(C)(C)C(Oc6ccc(C#N)c(Cl)c6)C5(C)C)cn4)CC3C)CC2)C1. The largest absolute Gasteiger partial charge is 0.489 e. The molecular weight excluding hydrogens is 956 g/mol. The van der Waals surface area contributed by atoms with Crippen LogP contribution in [0.3, 0.4) is 0 Å². The summed E-state index contributed by atoms with van der Waals surface area (Å²) in [6, 6.07) is 10.8. The van der Waals surface area contributed by atoms with E-state index in [1.165, 1.54) is 11.3 Å². The van der Waals surface area contributed by atoms with Gasteiger partial charge in [-0.2, -0.15) is 10.4 Å². The fourth-order valence-electron chi connectivity index (χ4n) is 13.0. The van der Waals surface area contributed by atoms with Gasteiger partial charge in [-0.25, -0.2) is 18.7 Å². The first-order valence-electron chi connectivity index (χ1n) is 25.4. The molecule has 0 bridgehead atoms. The third-order valence-corrected chi connectivity index (χ3v) is 17.7. The molecule has 10 rings (SSSR count). The lowest BCUT2D eigenvalue weighted by Crippen LogP contribution is -2.74. The summed E-state index contributed by atoms with van der Waals surface area (Å²) in [5.41, 5.74) is 6.21. The summed E-state index contributed by atoms with van der Waals surface area (Å²) < 4.78 is 38.1. The number of nitrogens with one attached hydrogen (secondary N) is 1. The Hall–Kier alpha value is -5.70. The molecule has 18 heteroatoms. The maximum absolute atomic E-state index is 14.7. The molecule has 5 aliphatic rings. The van der Waals surface area contributed by atoms with Crippen molar-refractivity contribution in [2.75, 3.05) is 55.6 Å². The second-order valence-electron chi connectivity index (χ2n) is 22.0. The molecule has 1 N–H and O–H groups in total. The smallest absolute Gasteiger partial charge is 0.264 e. The van der Waals surface area contributed by atoms with Gasteiger partial charge in [-0.3, -0.25) is 19.3 Å². The molecule has 2 aromatic carbocycles. The molecule has 5 aromatic rings. The minimum absolute atomic E-state index is 0.00332. The molecule has 14 nitrogen and oxygen atoms in total. The quantitative estimate of drug-likeness (QED) is 0.135. The predicted molar refractivity (Wildman–Crippen MR) is 275 cm³/mol. The van der Waals surface area contributed by atoms with Crippen LogP contribution in [0.5, 0.6) is 5.75 Å². The van der Waals surface area contributed by atoms with E-state index in [0.29, 0.717) is 77.2 Å². The maximum Gasteiger partial charge on any atom is 0.264 e. The first-order chi connectivity index (χ1) is 34.4. The standard InChI is InChI=1S/C54H64ClF2N11O3S/c1-31-26-66(52-60-23-36(24-61-52)49(70)62-50-53(4,5)51(54(50,6)7)71-38-11-10-35(22-58)43(55)20-38)27-32(2)41(31)28-64-16-12-37(13-17-64)68-44-14-18-65(33(3)69)29-42(44)48(63-68)67-15-8-9-34-19-39(46-25-59-30-72-46)40(47(56)57)21-45(34)67/h10-11,19-21,23-25,30-32,37,41,47,50-51H,8-9,12-18,26-29H2,1-7H3,(H,62,70). The van der Waals surface area contributed by atoms with Gasteiger partial charge in [0.05, 0.1) is 39.1 Å². The molecular formula is C54H64ClF2N11O3S. The lowest BCUT2D eigenvalue weighted by molar-refractivity contribution is -0.164. The average molecular weight is 1020 g/mol. The van der Waals surface area contributed by atoms with Crippen molar-refractivity contribution < 1.29 is 23.1 Å². The summed E-state index contributed by atoms with van der Waals surface area (Å²) in [7, 11) is 0. The number of ether oxygens (including phenoxy) is 1. The summed E-state index contributed by atoms with van der Waals surface area (Å²) in [5, 5.41) is 18.2. The summed E-state index contributed by atoms with van der Waals surface area (Å²) >= 11 is 7.66. The zero-order valence-electron chi connectivity index (χ0n) is 42.2. The number of thiazole rings is 1. The Morgan fingerprint density at radius 3 is 2.35 bits per heavy atom. The van der Waals surface area contributed by atoms with Gasteiger partial charge < -0.3 is 29.7 Å². The van der Waals surface area contributed by atoms with Crippen LogP contribution in [0.25, 0.3) is 10.4 Å². The summed E-state index contributed by atoms with van der Waals surface area (Å²) in [5.74, 6) is 3.04. The highest BCUT2D eigenvalue weighted by Gasteiger charge is 2.64. The summed E-state index contributed by atoms with van der Waals surface area (Å²) in [6.07, 6.45) is 6.30. The molecule has 3 fully saturated rings. The number of alkyl halides is 2. The summed E-state index contributed by atoms with van der Waals surface area (Å²) in [6.45, 7) is 20.8. The van der Waals surface area contributed by atoms with Gasteiger partial charge in [0.1, 0.15) is 17.9 Å². The molecule has 2 amide bonds. The van der Waals surface area contributed by atoms with E-state index in [1.807, 2.05) is 11.0 Å². The lowest BCUT2D eigenvalue weighted by atomic mass is 9.49. The third kappa shape index (κ3) is 9.21. The summed E-state index contributed by atoms with van der Waals surface area (Å²) in [4.78, 5) is 49.6. The van der Waals surface area contributed by atoms with E-state index in [0.717, 1.165) is 91.6 Å². The molecule has 0 radical (unpaired) electrons. The van der Waals surface area contributed by atoms with Gasteiger partial charge >= 0.3 is 0 Å². The molecule has 380 valence electrons. The fourth-order valence-corrected chi connectivity index (χ4v) is 13.9. The van der Waals surface area contributed by atoms with E-state index in [9.17, 15) is 23.6 Å². The number of carbonyl (C=O) groups is 2. The Morgan fingerprint density at radius 1 is 0.986 bits per heavy atom. The Balaban J connectivity index is 0.766. The molecule has 2 saturated heterocycles. The van der Waals surface area contributed by atoms with Crippen molar-refractivity contribution in [3.63, 3.8) is 0 Å². The van der Waals surface area contributed by atoms with Crippen LogP contribution in [0.1, 0.15) is 119 Å². The van der Waals surface area contributed by atoms with E-state index < -0.39 is 17.3 Å². The van der Waals surface area contributed by atoms with E-state index in [-0.39, 0.29) is 35.6 Å². The average Bonchev–Trinajstić information content (AvgIpc) is 4.04. The number of hydrogen-bond donors (Lipinski definition) is 1. The van der Waals surface area contributed by atoms with Gasteiger partial charge in [-0.1, -0.05) is 53.1 Å². The van der Waals surface area contributed by atoms with E-state index in [1.54, 1.807) is 55.3 Å². The number of aromatic nitrogens is 5. The monoisotopic (exact) mass is 1020 g/mol. The maximum atomic E-state index is 14.7. The number of benzene rings is 2. The normalized spacial score (nSPS) is 24.0. The van der Waals surface area contributed by atoms with Crippen LogP contribution in [0.4, 0.5) is 26.2 Å². The second kappa shape index (κ2) is 19.6. The van der Waals surface area contributed by atoms with Gasteiger partial charge in [0.25, 0.3) is 12.3 Å². The van der Waals surface area contributed by atoms with Crippen LogP contribution in [-0.2, 0) is 24.2 Å². The van der Waals surface area contributed by atoms with Gasteiger partial charge in [0.2, 0.25) is 11.9 Å². The minimum Gasteiger partial charge on any atom is -0.489 e. The molecule has 2 atom stereocenters. The third-order valence-electron chi connectivity index (χ3n) is 16.5. The number of hydrogen-bond acceptors (Lipinski definition) is 12. The Kier molecular flexibility index (Phi) is 13.6. The number of aryl methyl sites for hydroxylation is 1.